The number of aromatic nitrogens is 3. The predicted octanol–water partition coefficient (Wildman–Crippen LogP) is 5.92. The molecule has 1 saturated carbocycles. The van der Waals surface area contributed by atoms with E-state index in [0.717, 1.165) is 29.5 Å². The highest BCUT2D eigenvalue weighted by Gasteiger charge is 2.30. The molecule has 0 spiro atoms. The van der Waals surface area contributed by atoms with E-state index in [2.05, 4.69) is 15.7 Å². The number of carbonyl (C=O) groups excluding carboxylic acids is 2. The van der Waals surface area contributed by atoms with E-state index in [9.17, 15) is 14.4 Å². The Morgan fingerprint density at radius 1 is 1.00 bits per heavy atom. The number of aryl methyl sites for hydroxylation is 1. The van der Waals surface area contributed by atoms with Crippen LogP contribution >= 0.6 is 23.2 Å². The fourth-order valence-corrected chi connectivity index (χ4v) is 6.10. The van der Waals surface area contributed by atoms with Gasteiger partial charge in [-0.25, -0.2) is 9.67 Å². The van der Waals surface area contributed by atoms with Crippen LogP contribution in [-0.2, 0) is 18.4 Å². The maximum Gasteiger partial charge on any atom is 0.279 e. The molecule has 222 valence electrons. The summed E-state index contributed by atoms with van der Waals surface area (Å²) in [5, 5.41) is 10.8. The van der Waals surface area contributed by atoms with Crippen molar-refractivity contribution < 1.29 is 14.3 Å². The Bertz CT molecular complexity index is 1760. The molecule has 1 aliphatic rings. The minimum atomic E-state index is -0.600. The molecule has 1 amide bonds. The van der Waals surface area contributed by atoms with Crippen LogP contribution in [0.4, 0.5) is 5.69 Å². The predicted molar refractivity (Wildman–Crippen MR) is 168 cm³/mol. The van der Waals surface area contributed by atoms with Gasteiger partial charge in [0.25, 0.3) is 11.5 Å². The maximum absolute atomic E-state index is 12.9. The first-order valence-electron chi connectivity index (χ1n) is 13.9. The van der Waals surface area contributed by atoms with Gasteiger partial charge in [0.2, 0.25) is 5.88 Å². The lowest BCUT2D eigenvalue weighted by Gasteiger charge is -2.19. The van der Waals surface area contributed by atoms with Gasteiger partial charge >= 0.3 is 0 Å². The quantitative estimate of drug-likeness (QED) is 0.239. The number of hydrogen-bond acceptors (Lipinski definition) is 7. The van der Waals surface area contributed by atoms with Gasteiger partial charge < -0.3 is 15.4 Å². The zero-order valence-electron chi connectivity index (χ0n) is 24.0. The fourth-order valence-electron chi connectivity index (χ4n) is 5.51. The molecule has 1 fully saturated rings. The van der Waals surface area contributed by atoms with Crippen LogP contribution in [0.1, 0.15) is 42.1 Å². The summed E-state index contributed by atoms with van der Waals surface area (Å²) in [7, 11) is 3.04. The minimum Gasteiger partial charge on any atom is -0.481 e. The van der Waals surface area contributed by atoms with Gasteiger partial charge in [0, 0.05) is 54.0 Å². The van der Waals surface area contributed by atoms with Gasteiger partial charge in [-0.2, -0.15) is 5.10 Å². The summed E-state index contributed by atoms with van der Waals surface area (Å²) in [4.78, 5) is 42.0. The zero-order valence-corrected chi connectivity index (χ0v) is 25.5. The number of hydrogen-bond donors (Lipinski definition) is 2. The number of ether oxygens (including phenoxy) is 1. The Balaban J connectivity index is 1.41. The molecule has 43 heavy (non-hydrogen) atoms. The number of benzene rings is 2. The smallest absolute Gasteiger partial charge is 0.279 e. The summed E-state index contributed by atoms with van der Waals surface area (Å²) in [5.74, 6) is 0.130. The van der Waals surface area contributed by atoms with Gasteiger partial charge in [-0.3, -0.25) is 14.4 Å². The second-order valence-corrected chi connectivity index (χ2v) is 11.2. The first-order valence-corrected chi connectivity index (χ1v) is 14.6. The minimum absolute atomic E-state index is 0.0430. The number of methoxy groups -OCH3 is 1. The van der Waals surface area contributed by atoms with Crippen LogP contribution in [0.3, 0.4) is 0 Å². The highest BCUT2D eigenvalue weighted by molar-refractivity contribution is 6.39. The van der Waals surface area contributed by atoms with Crippen LogP contribution in [0, 0.1) is 5.92 Å². The number of nitrogens with zero attached hydrogens (tertiary/aromatic N) is 3. The fraction of sp³-hybridized carbons (Fsp3) is 0.281. The van der Waals surface area contributed by atoms with Crippen LogP contribution in [0.15, 0.2) is 65.6 Å². The molecule has 11 heteroatoms. The highest BCUT2D eigenvalue weighted by Crippen LogP contribution is 2.41. The van der Waals surface area contributed by atoms with Gasteiger partial charge in [0.05, 0.1) is 28.5 Å². The van der Waals surface area contributed by atoms with Gasteiger partial charge in [-0.1, -0.05) is 66.0 Å². The largest absolute Gasteiger partial charge is 0.481 e. The molecule has 2 aromatic carbocycles. The number of carbonyl (C=O) groups is 2. The number of rotatable bonds is 9. The van der Waals surface area contributed by atoms with E-state index < -0.39 is 11.5 Å². The molecule has 0 saturated heterocycles. The summed E-state index contributed by atoms with van der Waals surface area (Å²) in [6.45, 7) is 2.18. The summed E-state index contributed by atoms with van der Waals surface area (Å²) in [5.41, 5.74) is 3.16. The van der Waals surface area contributed by atoms with Crippen LogP contribution < -0.4 is 20.9 Å². The number of nitrogens with one attached hydrogen (secondary N) is 2. The molecule has 1 unspecified atom stereocenters. The van der Waals surface area contributed by atoms with E-state index in [0.29, 0.717) is 45.5 Å². The Hall–Kier alpha value is -4.05. The molecule has 5 rings (SSSR count). The van der Waals surface area contributed by atoms with Crippen LogP contribution in [0.25, 0.3) is 22.4 Å². The molecule has 2 N–H and O–H groups in total. The third-order valence-electron chi connectivity index (χ3n) is 7.79. The summed E-state index contributed by atoms with van der Waals surface area (Å²) < 4.78 is 6.71. The maximum atomic E-state index is 12.9. The molecule has 0 aliphatic heterocycles. The van der Waals surface area contributed by atoms with Crippen molar-refractivity contribution in [3.63, 3.8) is 0 Å². The third kappa shape index (κ3) is 6.34. The van der Waals surface area contributed by atoms with Crippen molar-refractivity contribution in [1.82, 2.24) is 20.1 Å². The number of amides is 1. The zero-order chi connectivity index (χ0) is 30.7. The number of anilines is 1. The van der Waals surface area contributed by atoms with E-state index >= 15 is 0 Å². The SMILES string of the molecule is COc1nc(-c2cccc(-c3cccc(NC(=O)c4ccnn(C)c4=O)c3Cl)c2Cl)ccc1CN[C@@H]1CCCC1C(C)=O. The lowest BCUT2D eigenvalue weighted by atomic mass is 9.99. The molecule has 2 atom stereocenters. The monoisotopic (exact) mass is 619 g/mol. The van der Waals surface area contributed by atoms with E-state index in [1.54, 1.807) is 32.2 Å². The van der Waals surface area contributed by atoms with E-state index in [4.69, 9.17) is 32.9 Å². The highest BCUT2D eigenvalue weighted by atomic mass is 35.5. The van der Waals surface area contributed by atoms with Gasteiger partial charge in [-0.15, -0.1) is 0 Å². The standard InChI is InChI=1S/C32H31Cl2N5O4/c1-18(40)20-7-5-11-25(20)35-17-19-13-14-26(38-31(19)43-3)23-10-4-8-21(28(23)33)22-9-6-12-27(29(22)34)37-30(41)24-15-16-36-39(2)32(24)42/h4,6,8-10,12-16,20,25,35H,5,7,11,17H2,1-3H3,(H,37,41)/t20?,25-/m1/s1. The number of Topliss-reactive ketones (excluding diaryl/α,β-unsaturated/α-hetero) is 1. The molecule has 0 bridgehead atoms. The molecule has 4 aromatic rings. The van der Waals surface area contributed by atoms with Crippen molar-refractivity contribution >= 4 is 40.6 Å². The van der Waals surface area contributed by atoms with Crippen LogP contribution in [0.2, 0.25) is 10.0 Å². The Morgan fingerprint density at radius 3 is 2.47 bits per heavy atom. The molecule has 2 heterocycles. The normalized spacial score (nSPS) is 16.2. The second kappa shape index (κ2) is 13.1. The van der Waals surface area contributed by atoms with Gasteiger partial charge in [0.15, 0.2) is 0 Å². The van der Waals surface area contributed by atoms with Crippen LogP contribution in [-0.4, -0.2) is 39.6 Å². The summed E-state index contributed by atoms with van der Waals surface area (Å²) in [6, 6.07) is 16.1. The van der Waals surface area contributed by atoms with Crippen molar-refractivity contribution in [3.05, 3.63) is 92.3 Å². The Kier molecular flexibility index (Phi) is 9.25. The molecule has 2 aromatic heterocycles. The van der Waals surface area contributed by atoms with Crippen molar-refractivity contribution in [2.45, 2.75) is 38.8 Å². The van der Waals surface area contributed by atoms with Crippen molar-refractivity contribution in [2.75, 3.05) is 12.4 Å². The van der Waals surface area contributed by atoms with E-state index in [1.165, 1.54) is 19.3 Å². The first-order chi connectivity index (χ1) is 20.7. The van der Waals surface area contributed by atoms with Gasteiger partial charge in [0.1, 0.15) is 11.3 Å². The summed E-state index contributed by atoms with van der Waals surface area (Å²) >= 11 is 13.7. The molecule has 1 aliphatic carbocycles. The lowest BCUT2D eigenvalue weighted by Crippen LogP contribution is -2.35. The topological polar surface area (TPSA) is 115 Å². The average Bonchev–Trinajstić information content (AvgIpc) is 3.48. The molecule has 0 radical (unpaired) electrons. The molecular formula is C32H31Cl2N5O4. The van der Waals surface area contributed by atoms with Crippen molar-refractivity contribution in [2.24, 2.45) is 13.0 Å². The number of pyridine rings is 1. The van der Waals surface area contributed by atoms with Crippen LogP contribution in [0.5, 0.6) is 5.88 Å². The first kappa shape index (κ1) is 30.4. The van der Waals surface area contributed by atoms with E-state index in [1.807, 2.05) is 30.3 Å². The number of ketones is 1. The Labute approximate surface area is 259 Å². The van der Waals surface area contributed by atoms with Crippen molar-refractivity contribution in [1.29, 1.82) is 0 Å². The van der Waals surface area contributed by atoms with Gasteiger partial charge in [-0.05, 0) is 38.0 Å². The second-order valence-electron chi connectivity index (χ2n) is 10.5. The lowest BCUT2D eigenvalue weighted by molar-refractivity contribution is -0.121. The van der Waals surface area contributed by atoms with E-state index in [-0.39, 0.29) is 28.3 Å². The number of halogens is 2. The average molecular weight is 621 g/mol. The molecule has 9 nitrogen and oxygen atoms in total. The van der Waals surface area contributed by atoms with Crippen molar-refractivity contribution in [3.8, 4) is 28.3 Å². The summed E-state index contributed by atoms with van der Waals surface area (Å²) in [6.07, 6.45) is 4.30. The Morgan fingerprint density at radius 2 is 1.72 bits per heavy atom. The molecular weight excluding hydrogens is 589 g/mol. The third-order valence-corrected chi connectivity index (χ3v) is 8.60.